The van der Waals surface area contributed by atoms with Crippen molar-refractivity contribution in [2.75, 3.05) is 6.54 Å². The van der Waals surface area contributed by atoms with Crippen LogP contribution in [0.5, 0.6) is 0 Å². The smallest absolute Gasteiger partial charge is 0.388 e. The monoisotopic (exact) mass is 406 g/mol. The van der Waals surface area contributed by atoms with E-state index in [1.165, 1.54) is 0 Å². The van der Waals surface area contributed by atoms with E-state index in [1.54, 1.807) is 28.4 Å². The molecule has 3 heterocycles. The maximum absolute atomic E-state index is 13.0. The van der Waals surface area contributed by atoms with Gasteiger partial charge >= 0.3 is 5.76 Å². The summed E-state index contributed by atoms with van der Waals surface area (Å²) in [6.07, 6.45) is 1.78. The Bertz CT molecular complexity index is 1190. The zero-order chi connectivity index (χ0) is 19.8. The molecule has 0 aliphatic carbocycles. The Kier molecular flexibility index (Phi) is 4.48. The van der Waals surface area contributed by atoms with Gasteiger partial charge in [-0.05, 0) is 37.1 Å². The first-order valence-corrected chi connectivity index (χ1v) is 10.3. The fraction of sp³-hybridized carbons (Fsp3) is 0.238. The molecule has 1 aliphatic rings. The molecular formula is C21H18N4O3S. The van der Waals surface area contributed by atoms with Gasteiger partial charge < -0.3 is 9.32 Å². The van der Waals surface area contributed by atoms with Crippen LogP contribution >= 0.6 is 11.3 Å². The highest BCUT2D eigenvalue weighted by Gasteiger charge is 2.32. The number of thiazole rings is 1. The van der Waals surface area contributed by atoms with Gasteiger partial charge in [0.2, 0.25) is 11.8 Å². The maximum atomic E-state index is 13.0. The number of rotatable bonds is 4. The number of amides is 1. The molecule has 1 fully saturated rings. The summed E-state index contributed by atoms with van der Waals surface area (Å²) in [5.41, 5.74) is 1.65. The SMILES string of the molecule is O=C(Cn1nc(-c2ccccc2)oc1=O)N1CCC[C@H]1c1nc2ccccc2s1. The van der Waals surface area contributed by atoms with Gasteiger partial charge in [-0.3, -0.25) is 4.79 Å². The van der Waals surface area contributed by atoms with Crippen molar-refractivity contribution in [3.05, 3.63) is 70.2 Å². The zero-order valence-electron chi connectivity index (χ0n) is 15.5. The summed E-state index contributed by atoms with van der Waals surface area (Å²) >= 11 is 1.62. The van der Waals surface area contributed by atoms with E-state index >= 15 is 0 Å². The van der Waals surface area contributed by atoms with Gasteiger partial charge in [-0.15, -0.1) is 16.4 Å². The standard InChI is InChI=1S/C21H18N4O3S/c26-18(13-25-21(27)28-19(23-25)14-7-2-1-3-8-14)24-12-6-10-16(24)20-22-15-9-4-5-11-17(15)29-20/h1-5,7-9,11,16H,6,10,12-13H2/t16-/m0/s1. The third kappa shape index (κ3) is 3.36. The van der Waals surface area contributed by atoms with Crippen LogP contribution in [0.15, 0.2) is 63.8 Å². The Hall–Kier alpha value is -3.26. The number of nitrogens with zero attached hydrogens (tertiary/aromatic N) is 4. The van der Waals surface area contributed by atoms with E-state index in [-0.39, 0.29) is 24.4 Å². The van der Waals surface area contributed by atoms with Crippen LogP contribution in [0.4, 0.5) is 0 Å². The van der Waals surface area contributed by atoms with E-state index in [1.807, 2.05) is 42.5 Å². The van der Waals surface area contributed by atoms with Crippen molar-refractivity contribution in [1.82, 2.24) is 19.7 Å². The molecule has 2 aromatic carbocycles. The predicted molar refractivity (Wildman–Crippen MR) is 110 cm³/mol. The highest BCUT2D eigenvalue weighted by atomic mass is 32.1. The lowest BCUT2D eigenvalue weighted by Crippen LogP contribution is -2.35. The number of fused-ring (bicyclic) bond motifs is 1. The van der Waals surface area contributed by atoms with Crippen molar-refractivity contribution < 1.29 is 9.21 Å². The molecule has 7 nitrogen and oxygen atoms in total. The molecule has 5 rings (SSSR count). The second-order valence-electron chi connectivity index (χ2n) is 6.96. The van der Waals surface area contributed by atoms with Crippen molar-refractivity contribution >= 4 is 27.5 Å². The highest BCUT2D eigenvalue weighted by molar-refractivity contribution is 7.18. The fourth-order valence-corrected chi connectivity index (χ4v) is 4.79. The van der Waals surface area contributed by atoms with E-state index in [4.69, 9.17) is 9.40 Å². The second kappa shape index (κ2) is 7.29. The van der Waals surface area contributed by atoms with Gasteiger partial charge in [0, 0.05) is 12.1 Å². The molecule has 0 saturated carbocycles. The molecule has 0 spiro atoms. The molecule has 0 bridgehead atoms. The van der Waals surface area contributed by atoms with Crippen LogP contribution in [0, 0.1) is 0 Å². The van der Waals surface area contributed by atoms with Crippen LogP contribution in [-0.2, 0) is 11.3 Å². The summed E-state index contributed by atoms with van der Waals surface area (Å²) in [5, 5.41) is 5.14. The Morgan fingerprint density at radius 2 is 1.93 bits per heavy atom. The number of benzene rings is 2. The molecule has 1 amide bonds. The van der Waals surface area contributed by atoms with Gasteiger partial charge in [0.1, 0.15) is 11.6 Å². The average Bonchev–Trinajstić information content (AvgIpc) is 3.46. The summed E-state index contributed by atoms with van der Waals surface area (Å²) in [6.45, 7) is 0.508. The lowest BCUT2D eigenvalue weighted by Gasteiger charge is -2.22. The van der Waals surface area contributed by atoms with Crippen LogP contribution in [0.1, 0.15) is 23.9 Å². The minimum Gasteiger partial charge on any atom is -0.388 e. The van der Waals surface area contributed by atoms with Crippen molar-refractivity contribution in [2.24, 2.45) is 0 Å². The van der Waals surface area contributed by atoms with Crippen LogP contribution in [0.25, 0.3) is 21.7 Å². The molecule has 2 aromatic heterocycles. The Morgan fingerprint density at radius 1 is 1.14 bits per heavy atom. The molecule has 8 heteroatoms. The van der Waals surface area contributed by atoms with Gasteiger partial charge in [0.05, 0.1) is 16.3 Å². The van der Waals surface area contributed by atoms with Gasteiger partial charge in [0.25, 0.3) is 0 Å². The first kappa shape index (κ1) is 17.8. The van der Waals surface area contributed by atoms with Crippen molar-refractivity contribution in [3.63, 3.8) is 0 Å². The lowest BCUT2D eigenvalue weighted by molar-refractivity contribution is -0.133. The molecule has 0 N–H and O–H groups in total. The van der Waals surface area contributed by atoms with Crippen molar-refractivity contribution in [2.45, 2.75) is 25.4 Å². The number of hydrogen-bond donors (Lipinski definition) is 0. The predicted octanol–water partition coefficient (Wildman–Crippen LogP) is 3.48. The van der Waals surface area contributed by atoms with Crippen LogP contribution < -0.4 is 5.76 Å². The molecule has 29 heavy (non-hydrogen) atoms. The molecule has 0 radical (unpaired) electrons. The van der Waals surface area contributed by atoms with Gasteiger partial charge in [-0.25, -0.2) is 9.78 Å². The molecule has 1 atom stereocenters. The summed E-state index contributed by atoms with van der Waals surface area (Å²) in [4.78, 5) is 31.7. The summed E-state index contributed by atoms with van der Waals surface area (Å²) in [5.74, 6) is -0.567. The first-order chi connectivity index (χ1) is 14.2. The minimum atomic E-state index is -0.632. The number of carbonyl (C=O) groups excluding carboxylic acids is 1. The van der Waals surface area contributed by atoms with E-state index in [0.717, 1.165) is 32.7 Å². The van der Waals surface area contributed by atoms with Crippen LogP contribution in [0.3, 0.4) is 0 Å². The zero-order valence-corrected chi connectivity index (χ0v) is 16.3. The fourth-order valence-electron chi connectivity index (χ4n) is 3.68. The topological polar surface area (TPSA) is 81.2 Å². The normalized spacial score (nSPS) is 16.6. The van der Waals surface area contributed by atoms with E-state index in [9.17, 15) is 9.59 Å². The number of hydrogen-bond acceptors (Lipinski definition) is 6. The van der Waals surface area contributed by atoms with E-state index in [0.29, 0.717) is 12.1 Å². The largest absolute Gasteiger partial charge is 0.437 e. The van der Waals surface area contributed by atoms with Crippen molar-refractivity contribution in [1.29, 1.82) is 0 Å². The maximum Gasteiger partial charge on any atom is 0.437 e. The summed E-state index contributed by atoms with van der Waals surface area (Å²) in [6, 6.07) is 17.1. The Labute approximate surface area is 170 Å². The Morgan fingerprint density at radius 3 is 2.76 bits per heavy atom. The number of likely N-dealkylation sites (tertiary alicyclic amines) is 1. The first-order valence-electron chi connectivity index (χ1n) is 9.47. The third-order valence-electron chi connectivity index (χ3n) is 5.08. The molecule has 1 aliphatic heterocycles. The molecular weight excluding hydrogens is 388 g/mol. The van der Waals surface area contributed by atoms with Crippen molar-refractivity contribution in [3.8, 4) is 11.5 Å². The average molecular weight is 406 g/mol. The highest BCUT2D eigenvalue weighted by Crippen LogP contribution is 2.36. The van der Waals surface area contributed by atoms with Crippen LogP contribution in [0.2, 0.25) is 0 Å². The summed E-state index contributed by atoms with van der Waals surface area (Å²) in [7, 11) is 0. The second-order valence-corrected chi connectivity index (χ2v) is 8.02. The van der Waals surface area contributed by atoms with Crippen LogP contribution in [-0.4, -0.2) is 32.1 Å². The molecule has 1 saturated heterocycles. The van der Waals surface area contributed by atoms with E-state index in [2.05, 4.69) is 5.10 Å². The van der Waals surface area contributed by atoms with Gasteiger partial charge in [-0.1, -0.05) is 30.3 Å². The quantitative estimate of drug-likeness (QED) is 0.518. The number of aromatic nitrogens is 3. The molecule has 0 unspecified atom stereocenters. The third-order valence-corrected chi connectivity index (χ3v) is 6.22. The Balaban J connectivity index is 1.38. The molecule has 4 aromatic rings. The summed E-state index contributed by atoms with van der Waals surface area (Å²) < 4.78 is 7.44. The lowest BCUT2D eigenvalue weighted by atomic mass is 10.2. The number of carbonyl (C=O) groups is 1. The molecule has 146 valence electrons. The van der Waals surface area contributed by atoms with Gasteiger partial charge in [0.15, 0.2) is 0 Å². The van der Waals surface area contributed by atoms with E-state index < -0.39 is 5.76 Å². The number of para-hydroxylation sites is 1. The van der Waals surface area contributed by atoms with Gasteiger partial charge in [-0.2, -0.15) is 4.68 Å². The minimum absolute atomic E-state index is 0.0592.